The molecule has 0 saturated heterocycles. The minimum Gasteiger partial charge on any atom is -0.467 e. The van der Waals surface area contributed by atoms with E-state index in [-0.39, 0.29) is 12.2 Å². The summed E-state index contributed by atoms with van der Waals surface area (Å²) in [4.78, 5) is 23.5. The molecule has 1 aliphatic rings. The van der Waals surface area contributed by atoms with Crippen molar-refractivity contribution in [1.82, 2.24) is 5.32 Å². The van der Waals surface area contributed by atoms with Crippen LogP contribution in [-0.4, -0.2) is 51.2 Å². The summed E-state index contributed by atoms with van der Waals surface area (Å²) in [6.45, 7) is 5.07. The van der Waals surface area contributed by atoms with Crippen LogP contribution < -0.4 is 5.32 Å². The zero-order valence-corrected chi connectivity index (χ0v) is 16.1. The van der Waals surface area contributed by atoms with Crippen LogP contribution in [0.5, 0.6) is 0 Å². The van der Waals surface area contributed by atoms with E-state index >= 15 is 0 Å². The summed E-state index contributed by atoms with van der Waals surface area (Å²) in [5.41, 5.74) is -0.719. The Bertz CT molecular complexity index is 590. The van der Waals surface area contributed by atoms with E-state index in [9.17, 15) is 18.0 Å². The van der Waals surface area contributed by atoms with Crippen LogP contribution in [0.2, 0.25) is 0 Å². The molecular weight excluding hydrogens is 348 g/mol. The largest absolute Gasteiger partial charge is 0.467 e. The molecule has 8 nitrogen and oxygen atoms in total. The number of hydrogen-bond acceptors (Lipinski definition) is 6. The van der Waals surface area contributed by atoms with Crippen LogP contribution in [-0.2, 0) is 24.3 Å². The van der Waals surface area contributed by atoms with Crippen LogP contribution in [0, 0.1) is 5.92 Å². The topological polar surface area (TPSA) is 111 Å². The van der Waals surface area contributed by atoms with Crippen LogP contribution in [0.15, 0.2) is 4.40 Å². The van der Waals surface area contributed by atoms with Crippen molar-refractivity contribution in [2.45, 2.75) is 64.5 Å². The minimum atomic E-state index is -3.56. The van der Waals surface area contributed by atoms with Gasteiger partial charge in [0.05, 0.1) is 12.9 Å². The van der Waals surface area contributed by atoms with Crippen molar-refractivity contribution < 1.29 is 27.5 Å². The van der Waals surface area contributed by atoms with Crippen molar-refractivity contribution in [2.24, 2.45) is 10.3 Å². The summed E-state index contributed by atoms with van der Waals surface area (Å²) < 4.78 is 36.9. The van der Waals surface area contributed by atoms with Gasteiger partial charge in [0.2, 0.25) is 0 Å². The van der Waals surface area contributed by atoms with Crippen molar-refractivity contribution in [3.05, 3.63) is 0 Å². The van der Waals surface area contributed by atoms with Crippen LogP contribution in [0.1, 0.15) is 52.9 Å². The Morgan fingerprint density at radius 2 is 1.96 bits per heavy atom. The number of alkyl carbamates (subject to hydrolysis) is 1. The molecule has 0 spiro atoms. The van der Waals surface area contributed by atoms with Gasteiger partial charge in [-0.15, -0.1) is 0 Å². The predicted molar refractivity (Wildman–Crippen MR) is 94.0 cm³/mol. The molecule has 0 radical (unpaired) electrons. The molecule has 1 amide bonds. The van der Waals surface area contributed by atoms with Gasteiger partial charge in [-0.25, -0.2) is 18.0 Å². The van der Waals surface area contributed by atoms with Gasteiger partial charge in [0.1, 0.15) is 11.6 Å². The first-order valence-corrected chi connectivity index (χ1v) is 9.97. The fourth-order valence-electron chi connectivity index (χ4n) is 2.08. The van der Waals surface area contributed by atoms with Gasteiger partial charge in [-0.1, -0.05) is 12.8 Å². The maximum absolute atomic E-state index is 11.8. The SMILES string of the molecule is COC(=O)[C@H](CC=NS(=O)(=O)CCCC1CC1)NC(=O)OC(C)(C)C. The lowest BCUT2D eigenvalue weighted by Gasteiger charge is -2.22. The quantitative estimate of drug-likeness (QED) is 0.487. The zero-order chi connectivity index (χ0) is 19.1. The third-order valence-electron chi connectivity index (χ3n) is 3.46. The lowest BCUT2D eigenvalue weighted by Crippen LogP contribution is -2.44. The second kappa shape index (κ2) is 9.17. The van der Waals surface area contributed by atoms with E-state index in [4.69, 9.17) is 4.74 Å². The highest BCUT2D eigenvalue weighted by Gasteiger charge is 2.25. The van der Waals surface area contributed by atoms with Crippen molar-refractivity contribution in [3.63, 3.8) is 0 Å². The Kier molecular flexibility index (Phi) is 7.85. The summed E-state index contributed by atoms with van der Waals surface area (Å²) in [7, 11) is -2.38. The fourth-order valence-corrected chi connectivity index (χ4v) is 3.03. The van der Waals surface area contributed by atoms with Crippen molar-refractivity contribution in [3.8, 4) is 0 Å². The predicted octanol–water partition coefficient (Wildman–Crippen LogP) is 2.03. The highest BCUT2D eigenvalue weighted by molar-refractivity contribution is 7.90. The summed E-state index contributed by atoms with van der Waals surface area (Å²) in [5, 5.41) is 2.36. The molecule has 9 heteroatoms. The standard InChI is InChI=1S/C16H28N2O6S/c1-16(2,3)24-15(20)18-13(14(19)23-4)9-10-17-25(21,22)11-5-6-12-7-8-12/h10,12-13H,5-9,11H2,1-4H3,(H,18,20)/t13-/m0/s1. The maximum atomic E-state index is 11.8. The van der Waals surface area contributed by atoms with Crippen LogP contribution in [0.4, 0.5) is 4.79 Å². The van der Waals surface area contributed by atoms with Crippen molar-refractivity contribution in [2.75, 3.05) is 12.9 Å². The van der Waals surface area contributed by atoms with Gasteiger partial charge < -0.3 is 14.8 Å². The third-order valence-corrected chi connectivity index (χ3v) is 4.74. The number of esters is 1. The average molecular weight is 376 g/mol. The molecule has 1 N–H and O–H groups in total. The highest BCUT2D eigenvalue weighted by Crippen LogP contribution is 2.33. The highest BCUT2D eigenvalue weighted by atomic mass is 32.2. The normalized spacial score (nSPS) is 16.5. The lowest BCUT2D eigenvalue weighted by molar-refractivity contribution is -0.142. The molecule has 0 aromatic rings. The lowest BCUT2D eigenvalue weighted by atomic mass is 10.2. The number of carbonyl (C=O) groups excluding carboxylic acids is 2. The molecule has 0 aromatic carbocycles. The minimum absolute atomic E-state index is 0.0115. The monoisotopic (exact) mass is 376 g/mol. The summed E-state index contributed by atoms with van der Waals surface area (Å²) >= 11 is 0. The summed E-state index contributed by atoms with van der Waals surface area (Å²) in [6, 6.07) is -1.06. The second-order valence-electron chi connectivity index (χ2n) is 7.12. The molecule has 1 fully saturated rings. The van der Waals surface area contributed by atoms with E-state index in [0.29, 0.717) is 12.3 Å². The van der Waals surface area contributed by atoms with Crippen LogP contribution >= 0.6 is 0 Å². The molecule has 0 aliphatic heterocycles. The van der Waals surface area contributed by atoms with Gasteiger partial charge in [0.25, 0.3) is 10.0 Å². The van der Waals surface area contributed by atoms with Gasteiger partial charge in [0, 0.05) is 12.6 Å². The van der Waals surface area contributed by atoms with Crippen molar-refractivity contribution in [1.29, 1.82) is 0 Å². The first-order valence-electron chi connectivity index (χ1n) is 8.36. The number of hydrogen-bond donors (Lipinski definition) is 1. The van der Waals surface area contributed by atoms with Gasteiger partial charge in [-0.05, 0) is 39.5 Å². The zero-order valence-electron chi connectivity index (χ0n) is 15.3. The molecule has 0 aromatic heterocycles. The number of methoxy groups -OCH3 is 1. The average Bonchev–Trinajstić information content (AvgIpc) is 3.27. The van der Waals surface area contributed by atoms with Gasteiger partial charge >= 0.3 is 12.1 Å². The molecular formula is C16H28N2O6S. The molecule has 1 rings (SSSR count). The first-order chi connectivity index (χ1) is 11.5. The number of nitrogens with zero attached hydrogens (tertiary/aromatic N) is 1. The van der Waals surface area contributed by atoms with E-state index < -0.39 is 33.7 Å². The van der Waals surface area contributed by atoms with Gasteiger partial charge in [-0.3, -0.25) is 0 Å². The van der Waals surface area contributed by atoms with Gasteiger partial charge in [-0.2, -0.15) is 4.40 Å². The Morgan fingerprint density at radius 1 is 1.32 bits per heavy atom. The second-order valence-corrected chi connectivity index (χ2v) is 8.90. The first kappa shape index (κ1) is 21.4. The van der Waals surface area contributed by atoms with E-state index in [1.807, 2.05) is 0 Å². The maximum Gasteiger partial charge on any atom is 0.408 e. The summed E-state index contributed by atoms with van der Waals surface area (Å²) in [5.74, 6) is -0.0492. The molecule has 1 saturated carbocycles. The van der Waals surface area contributed by atoms with Crippen LogP contribution in [0.3, 0.4) is 0 Å². The number of rotatable bonds is 9. The van der Waals surface area contributed by atoms with E-state index in [2.05, 4.69) is 14.5 Å². The Labute approximate surface area is 149 Å². The van der Waals surface area contributed by atoms with E-state index in [0.717, 1.165) is 12.6 Å². The van der Waals surface area contributed by atoms with Crippen molar-refractivity contribution >= 4 is 28.3 Å². The van der Waals surface area contributed by atoms with E-state index in [1.165, 1.54) is 20.0 Å². The Balaban J connectivity index is 2.52. The molecule has 144 valence electrons. The van der Waals surface area contributed by atoms with Gasteiger partial charge in [0.15, 0.2) is 0 Å². The number of amides is 1. The third kappa shape index (κ3) is 10.1. The number of ether oxygens (including phenoxy) is 2. The molecule has 0 heterocycles. The van der Waals surface area contributed by atoms with E-state index in [1.54, 1.807) is 20.8 Å². The van der Waals surface area contributed by atoms with Crippen LogP contribution in [0.25, 0.3) is 0 Å². The molecule has 0 unspecified atom stereocenters. The Hall–Kier alpha value is -1.64. The number of sulfonamides is 1. The smallest absolute Gasteiger partial charge is 0.408 e. The number of nitrogens with one attached hydrogen (secondary N) is 1. The molecule has 0 bridgehead atoms. The number of carbonyl (C=O) groups is 2. The Morgan fingerprint density at radius 3 is 2.48 bits per heavy atom. The molecule has 1 aliphatic carbocycles. The fraction of sp³-hybridized carbons (Fsp3) is 0.812. The molecule has 25 heavy (non-hydrogen) atoms. The molecule has 1 atom stereocenters. The summed E-state index contributed by atoms with van der Waals surface area (Å²) in [6.07, 6.45) is 4.07.